The van der Waals surface area contributed by atoms with E-state index in [0.717, 1.165) is 11.3 Å². The van der Waals surface area contributed by atoms with E-state index in [-0.39, 0.29) is 0 Å². The number of quaternary nitrogens is 1. The number of amides is 1. The van der Waals surface area contributed by atoms with Crippen LogP contribution >= 0.6 is 0 Å². The Bertz CT molecular complexity index is 336. The summed E-state index contributed by atoms with van der Waals surface area (Å²) in [7, 11) is 0. The first-order valence-electron chi connectivity index (χ1n) is 4.01. The number of pyridine rings is 1. The SMILES string of the molecule is CC(=O)[NH+]([O-])c1ccnc(C)c1C. The van der Waals surface area contributed by atoms with Crippen LogP contribution in [0.25, 0.3) is 0 Å². The molecule has 0 saturated heterocycles. The van der Waals surface area contributed by atoms with Crippen LogP contribution in [0.1, 0.15) is 18.2 Å². The predicted molar refractivity (Wildman–Crippen MR) is 48.4 cm³/mol. The van der Waals surface area contributed by atoms with Gasteiger partial charge < -0.3 is 5.21 Å². The van der Waals surface area contributed by atoms with E-state index < -0.39 is 11.0 Å². The Morgan fingerprint density at radius 2 is 2.15 bits per heavy atom. The van der Waals surface area contributed by atoms with Crippen LogP contribution in [0.3, 0.4) is 0 Å². The zero-order chi connectivity index (χ0) is 10.0. The minimum Gasteiger partial charge on any atom is -0.621 e. The number of nitrogens with zero attached hydrogens (tertiary/aromatic N) is 1. The van der Waals surface area contributed by atoms with Gasteiger partial charge in [0.2, 0.25) is 0 Å². The molecule has 1 aromatic heterocycles. The van der Waals surface area contributed by atoms with Gasteiger partial charge in [-0.2, -0.15) is 0 Å². The Hall–Kier alpha value is -1.26. The molecule has 70 valence electrons. The molecule has 0 radical (unpaired) electrons. The lowest BCUT2D eigenvalue weighted by molar-refractivity contribution is -0.688. The van der Waals surface area contributed by atoms with Crippen LogP contribution < -0.4 is 5.06 Å². The second-order valence-electron chi connectivity index (χ2n) is 2.95. The quantitative estimate of drug-likeness (QED) is 0.631. The third-order valence-electron chi connectivity index (χ3n) is 2.02. The van der Waals surface area contributed by atoms with Gasteiger partial charge in [-0.05, 0) is 13.8 Å². The van der Waals surface area contributed by atoms with Crippen LogP contribution in [0.2, 0.25) is 0 Å². The Labute approximate surface area is 76.8 Å². The summed E-state index contributed by atoms with van der Waals surface area (Å²) in [5.41, 5.74) is 2.02. The fourth-order valence-electron chi connectivity index (χ4n) is 1.08. The van der Waals surface area contributed by atoms with E-state index in [0.29, 0.717) is 5.69 Å². The minimum absolute atomic E-state index is 0.436. The maximum absolute atomic E-state index is 11.3. The van der Waals surface area contributed by atoms with Crippen molar-refractivity contribution in [3.8, 4) is 0 Å². The third kappa shape index (κ3) is 1.91. The molecule has 1 heterocycles. The van der Waals surface area contributed by atoms with E-state index in [1.54, 1.807) is 19.2 Å². The summed E-state index contributed by atoms with van der Waals surface area (Å²) in [5, 5.41) is 10.9. The van der Waals surface area contributed by atoms with E-state index >= 15 is 0 Å². The minimum atomic E-state index is -0.442. The molecule has 0 saturated carbocycles. The average molecular weight is 180 g/mol. The van der Waals surface area contributed by atoms with Gasteiger partial charge in [-0.25, -0.2) is 4.79 Å². The summed E-state index contributed by atoms with van der Waals surface area (Å²) < 4.78 is 0. The zero-order valence-electron chi connectivity index (χ0n) is 7.92. The molecule has 1 amide bonds. The predicted octanol–water partition coefficient (Wildman–Crippen LogP) is 0.259. The summed E-state index contributed by atoms with van der Waals surface area (Å²) in [4.78, 5) is 14.9. The highest BCUT2D eigenvalue weighted by Gasteiger charge is 2.12. The van der Waals surface area contributed by atoms with Crippen molar-refractivity contribution in [2.24, 2.45) is 0 Å². The fraction of sp³-hybridized carbons (Fsp3) is 0.333. The lowest BCUT2D eigenvalue weighted by Crippen LogP contribution is -3.04. The van der Waals surface area contributed by atoms with E-state index in [9.17, 15) is 10.0 Å². The van der Waals surface area contributed by atoms with Crippen LogP contribution in [-0.2, 0) is 4.79 Å². The third-order valence-corrected chi connectivity index (χ3v) is 2.02. The molecule has 0 aromatic carbocycles. The van der Waals surface area contributed by atoms with Crippen molar-refractivity contribution >= 4 is 11.6 Å². The first-order valence-corrected chi connectivity index (χ1v) is 4.01. The summed E-state index contributed by atoms with van der Waals surface area (Å²) >= 11 is 0. The van der Waals surface area contributed by atoms with Gasteiger partial charge in [-0.15, -0.1) is 0 Å². The second-order valence-corrected chi connectivity index (χ2v) is 2.95. The Morgan fingerprint density at radius 3 is 2.69 bits per heavy atom. The molecule has 0 aliphatic rings. The Kier molecular flexibility index (Phi) is 2.75. The van der Waals surface area contributed by atoms with Crippen molar-refractivity contribution in [1.29, 1.82) is 0 Å². The highest BCUT2D eigenvalue weighted by Crippen LogP contribution is 2.10. The number of carbonyl (C=O) groups is 1. The number of aromatic nitrogens is 1. The molecule has 1 rings (SSSR count). The molecule has 0 fully saturated rings. The molecule has 1 N–H and O–H groups in total. The fourth-order valence-corrected chi connectivity index (χ4v) is 1.08. The lowest BCUT2D eigenvalue weighted by atomic mass is 10.2. The molecule has 4 heteroatoms. The van der Waals surface area contributed by atoms with Gasteiger partial charge in [0.1, 0.15) is 5.69 Å². The summed E-state index contributed by atoms with van der Waals surface area (Å²) in [5.74, 6) is -0.436. The molecule has 4 nitrogen and oxygen atoms in total. The first-order chi connectivity index (χ1) is 6.04. The molecule has 1 aromatic rings. The number of nitrogens with one attached hydrogen (secondary N) is 1. The van der Waals surface area contributed by atoms with Gasteiger partial charge in [-0.1, -0.05) is 0 Å². The van der Waals surface area contributed by atoms with Crippen LogP contribution in [0.5, 0.6) is 0 Å². The van der Waals surface area contributed by atoms with Gasteiger partial charge in [0.05, 0.1) is 6.92 Å². The zero-order valence-corrected chi connectivity index (χ0v) is 7.92. The van der Waals surface area contributed by atoms with Gasteiger partial charge in [-0.3, -0.25) is 10.0 Å². The molecule has 0 aliphatic heterocycles. The standard InChI is InChI=1S/C9H12N2O2/c1-6-7(2)10-5-4-9(6)11(13)8(3)12/h4-5,11H,1-3H3. The Morgan fingerprint density at radius 1 is 1.54 bits per heavy atom. The van der Waals surface area contributed by atoms with E-state index in [1.807, 2.05) is 6.92 Å². The van der Waals surface area contributed by atoms with Gasteiger partial charge in [0.25, 0.3) is 0 Å². The van der Waals surface area contributed by atoms with E-state index in [4.69, 9.17) is 0 Å². The molecular weight excluding hydrogens is 168 g/mol. The topological polar surface area (TPSA) is 57.5 Å². The molecule has 1 unspecified atom stereocenters. The largest absolute Gasteiger partial charge is 0.621 e. The second kappa shape index (κ2) is 3.64. The van der Waals surface area contributed by atoms with Crippen molar-refractivity contribution in [1.82, 2.24) is 4.98 Å². The monoisotopic (exact) mass is 180 g/mol. The smallest absolute Gasteiger partial charge is 0.313 e. The maximum Gasteiger partial charge on any atom is 0.313 e. The van der Waals surface area contributed by atoms with Crippen molar-refractivity contribution < 1.29 is 9.86 Å². The van der Waals surface area contributed by atoms with Gasteiger partial charge in [0, 0.05) is 23.5 Å². The summed E-state index contributed by atoms with van der Waals surface area (Å²) in [6.07, 6.45) is 1.54. The molecule has 0 aliphatic carbocycles. The lowest BCUT2D eigenvalue weighted by Gasteiger charge is -2.19. The molecular formula is C9H12N2O2. The van der Waals surface area contributed by atoms with Crippen molar-refractivity contribution in [3.05, 3.63) is 28.7 Å². The summed E-state index contributed by atoms with van der Waals surface area (Å²) in [6, 6.07) is 1.58. The molecule has 0 bridgehead atoms. The Balaban J connectivity index is 3.15. The number of hydrogen-bond donors (Lipinski definition) is 1. The van der Waals surface area contributed by atoms with Crippen LogP contribution in [0, 0.1) is 19.1 Å². The van der Waals surface area contributed by atoms with E-state index in [2.05, 4.69) is 4.98 Å². The summed E-state index contributed by atoms with van der Waals surface area (Å²) in [6.45, 7) is 4.88. The maximum atomic E-state index is 11.3. The van der Waals surface area contributed by atoms with E-state index in [1.165, 1.54) is 6.92 Å². The molecule has 0 spiro atoms. The van der Waals surface area contributed by atoms with Crippen molar-refractivity contribution in [2.75, 3.05) is 0 Å². The van der Waals surface area contributed by atoms with Crippen molar-refractivity contribution in [3.63, 3.8) is 0 Å². The molecule has 1 atom stereocenters. The highest BCUT2D eigenvalue weighted by molar-refractivity contribution is 5.67. The number of aryl methyl sites for hydroxylation is 1. The number of hydroxylamine groups is 1. The van der Waals surface area contributed by atoms with Gasteiger partial charge in [0.15, 0.2) is 0 Å². The van der Waals surface area contributed by atoms with Crippen LogP contribution in [-0.4, -0.2) is 10.9 Å². The van der Waals surface area contributed by atoms with Gasteiger partial charge >= 0.3 is 5.91 Å². The van der Waals surface area contributed by atoms with Crippen LogP contribution in [0.15, 0.2) is 12.3 Å². The average Bonchev–Trinajstić information content (AvgIpc) is 2.08. The number of rotatable bonds is 1. The first kappa shape index (κ1) is 9.83. The number of hydrogen-bond acceptors (Lipinski definition) is 3. The highest BCUT2D eigenvalue weighted by atomic mass is 16.5. The number of carbonyl (C=O) groups excluding carboxylic acids is 1. The van der Waals surface area contributed by atoms with Crippen molar-refractivity contribution in [2.45, 2.75) is 20.8 Å². The normalized spacial score (nSPS) is 12.6. The van der Waals surface area contributed by atoms with Crippen LogP contribution in [0.4, 0.5) is 5.69 Å². The molecule has 13 heavy (non-hydrogen) atoms.